The van der Waals surface area contributed by atoms with Gasteiger partial charge < -0.3 is 10.1 Å². The number of rotatable bonds is 6. The summed E-state index contributed by atoms with van der Waals surface area (Å²) in [6.45, 7) is 6.09. The molecule has 0 atom stereocenters. The summed E-state index contributed by atoms with van der Waals surface area (Å²) >= 11 is 0. The molecule has 0 aromatic heterocycles. The third-order valence-corrected chi connectivity index (χ3v) is 2.99. The molecule has 0 saturated carbocycles. The van der Waals surface area contributed by atoms with Crippen LogP contribution in [0.25, 0.3) is 6.08 Å². The van der Waals surface area contributed by atoms with Crippen molar-refractivity contribution in [2.24, 2.45) is 0 Å². The van der Waals surface area contributed by atoms with Crippen LogP contribution in [0.3, 0.4) is 0 Å². The summed E-state index contributed by atoms with van der Waals surface area (Å²) < 4.78 is 5.39. The predicted molar refractivity (Wildman–Crippen MR) is 91.0 cm³/mol. The van der Waals surface area contributed by atoms with Crippen molar-refractivity contribution < 1.29 is 9.53 Å². The van der Waals surface area contributed by atoms with Crippen molar-refractivity contribution in [3.05, 3.63) is 78.4 Å². The first-order valence-corrected chi connectivity index (χ1v) is 7.07. The van der Waals surface area contributed by atoms with Gasteiger partial charge in [0.2, 0.25) is 5.91 Å². The Labute approximate surface area is 130 Å². The van der Waals surface area contributed by atoms with Gasteiger partial charge in [-0.25, -0.2) is 0 Å². The third-order valence-electron chi connectivity index (χ3n) is 2.99. The maximum atomic E-state index is 11.9. The van der Waals surface area contributed by atoms with Crippen LogP contribution in [0.5, 0.6) is 5.75 Å². The van der Waals surface area contributed by atoms with E-state index in [-0.39, 0.29) is 5.91 Å². The molecule has 2 rings (SSSR count). The summed E-state index contributed by atoms with van der Waals surface area (Å²) in [6, 6.07) is 15.2. The van der Waals surface area contributed by atoms with E-state index in [0.717, 1.165) is 17.0 Å². The number of aryl methyl sites for hydroxylation is 1. The molecule has 0 aliphatic rings. The first kappa shape index (κ1) is 15.6. The highest BCUT2D eigenvalue weighted by Crippen LogP contribution is 2.15. The Hall–Kier alpha value is -2.81. The van der Waals surface area contributed by atoms with E-state index in [4.69, 9.17) is 4.74 Å². The number of anilines is 1. The summed E-state index contributed by atoms with van der Waals surface area (Å²) in [5.74, 6) is 0.577. The molecule has 3 nitrogen and oxygen atoms in total. The van der Waals surface area contributed by atoms with Crippen LogP contribution >= 0.6 is 0 Å². The number of hydrogen-bond acceptors (Lipinski definition) is 2. The number of nitrogens with one attached hydrogen (secondary N) is 1. The lowest BCUT2D eigenvalue weighted by atomic mass is 10.1. The molecule has 1 N–H and O–H groups in total. The van der Waals surface area contributed by atoms with Gasteiger partial charge in [0.1, 0.15) is 12.4 Å². The lowest BCUT2D eigenvalue weighted by Crippen LogP contribution is -2.07. The van der Waals surface area contributed by atoms with Crippen molar-refractivity contribution in [2.75, 3.05) is 11.9 Å². The third kappa shape index (κ3) is 4.94. The van der Waals surface area contributed by atoms with Gasteiger partial charge in [-0.2, -0.15) is 0 Å². The molecule has 22 heavy (non-hydrogen) atoms. The topological polar surface area (TPSA) is 38.3 Å². The average Bonchev–Trinajstić information content (AvgIpc) is 2.54. The van der Waals surface area contributed by atoms with Crippen molar-refractivity contribution in [2.45, 2.75) is 6.92 Å². The summed E-state index contributed by atoms with van der Waals surface area (Å²) in [6.07, 6.45) is 4.99. The lowest BCUT2D eigenvalue weighted by molar-refractivity contribution is -0.111. The molecule has 0 aliphatic heterocycles. The average molecular weight is 293 g/mol. The van der Waals surface area contributed by atoms with Gasteiger partial charge in [0.05, 0.1) is 0 Å². The van der Waals surface area contributed by atoms with Gasteiger partial charge in [-0.3, -0.25) is 4.79 Å². The summed E-state index contributed by atoms with van der Waals surface area (Å²) in [7, 11) is 0. The van der Waals surface area contributed by atoms with Crippen LogP contribution in [0.2, 0.25) is 0 Å². The minimum Gasteiger partial charge on any atom is -0.490 e. The molecule has 0 heterocycles. The molecule has 0 unspecified atom stereocenters. The molecule has 112 valence electrons. The van der Waals surface area contributed by atoms with Crippen LogP contribution < -0.4 is 10.1 Å². The summed E-state index contributed by atoms with van der Waals surface area (Å²) in [5, 5.41) is 2.81. The molecule has 0 fully saturated rings. The van der Waals surface area contributed by atoms with Crippen molar-refractivity contribution in [1.82, 2.24) is 0 Å². The van der Waals surface area contributed by atoms with Gasteiger partial charge in [0.25, 0.3) is 0 Å². The summed E-state index contributed by atoms with van der Waals surface area (Å²) in [5.41, 5.74) is 2.92. The highest BCUT2D eigenvalue weighted by Gasteiger charge is 1.99. The Morgan fingerprint density at radius 1 is 1.14 bits per heavy atom. The highest BCUT2D eigenvalue weighted by molar-refractivity contribution is 6.01. The van der Waals surface area contributed by atoms with Crippen LogP contribution in [-0.2, 0) is 4.79 Å². The van der Waals surface area contributed by atoms with Gasteiger partial charge in [-0.05, 0) is 42.8 Å². The van der Waals surface area contributed by atoms with Gasteiger partial charge in [-0.15, -0.1) is 0 Å². The molecular formula is C19H19NO2. The number of amides is 1. The quantitative estimate of drug-likeness (QED) is 0.640. The number of ether oxygens (including phenoxy) is 1. The maximum Gasteiger partial charge on any atom is 0.248 e. The number of carbonyl (C=O) groups is 1. The van der Waals surface area contributed by atoms with Gasteiger partial charge >= 0.3 is 0 Å². The molecule has 0 saturated heterocycles. The number of benzene rings is 2. The normalized spacial score (nSPS) is 10.4. The minimum absolute atomic E-state index is 0.166. The van der Waals surface area contributed by atoms with Crippen molar-refractivity contribution >= 4 is 17.7 Å². The molecule has 0 radical (unpaired) electrons. The fraction of sp³-hybridized carbons (Fsp3) is 0.105. The number of carbonyl (C=O) groups excluding carboxylic acids is 1. The molecule has 2 aromatic rings. The van der Waals surface area contributed by atoms with Gasteiger partial charge in [-0.1, -0.05) is 42.5 Å². The zero-order valence-corrected chi connectivity index (χ0v) is 12.6. The largest absolute Gasteiger partial charge is 0.490 e. The van der Waals surface area contributed by atoms with E-state index in [9.17, 15) is 4.79 Å². The standard InChI is InChI=1S/C19H19NO2/c1-3-14-22-18-11-9-17(10-12-18)20-19(21)13-8-16-6-4-15(2)5-7-16/h3-13H,1,14H2,2H3,(H,20,21)/b13-8+. The second kappa shape index (κ2) is 7.84. The van der Waals surface area contributed by atoms with E-state index in [0.29, 0.717) is 6.61 Å². The van der Waals surface area contributed by atoms with Gasteiger partial charge in [0.15, 0.2) is 0 Å². The van der Waals surface area contributed by atoms with Crippen molar-refractivity contribution in [3.63, 3.8) is 0 Å². The van der Waals surface area contributed by atoms with Gasteiger partial charge in [0, 0.05) is 11.8 Å². The smallest absolute Gasteiger partial charge is 0.248 e. The molecule has 0 aliphatic carbocycles. The molecule has 1 amide bonds. The van der Waals surface area contributed by atoms with E-state index in [2.05, 4.69) is 11.9 Å². The molecular weight excluding hydrogens is 274 g/mol. The minimum atomic E-state index is -0.166. The SMILES string of the molecule is C=CCOc1ccc(NC(=O)/C=C/c2ccc(C)cc2)cc1. The zero-order valence-electron chi connectivity index (χ0n) is 12.6. The van der Waals surface area contributed by atoms with E-state index in [1.54, 1.807) is 24.3 Å². The molecule has 0 bridgehead atoms. The van der Waals surface area contributed by atoms with E-state index >= 15 is 0 Å². The second-order valence-electron chi connectivity index (χ2n) is 4.86. The fourth-order valence-electron chi connectivity index (χ4n) is 1.82. The summed E-state index contributed by atoms with van der Waals surface area (Å²) in [4.78, 5) is 11.9. The Morgan fingerprint density at radius 3 is 2.45 bits per heavy atom. The zero-order chi connectivity index (χ0) is 15.8. The highest BCUT2D eigenvalue weighted by atomic mass is 16.5. The Morgan fingerprint density at radius 2 is 1.82 bits per heavy atom. The van der Waals surface area contributed by atoms with E-state index in [1.165, 1.54) is 11.6 Å². The lowest BCUT2D eigenvalue weighted by Gasteiger charge is -2.05. The van der Waals surface area contributed by atoms with Crippen molar-refractivity contribution in [3.8, 4) is 5.75 Å². The number of hydrogen-bond donors (Lipinski definition) is 1. The molecule has 3 heteroatoms. The monoisotopic (exact) mass is 293 g/mol. The fourth-order valence-corrected chi connectivity index (χ4v) is 1.82. The van der Waals surface area contributed by atoms with Crippen LogP contribution in [0.1, 0.15) is 11.1 Å². The first-order chi connectivity index (χ1) is 10.7. The van der Waals surface area contributed by atoms with Crippen LogP contribution in [0, 0.1) is 6.92 Å². The molecule has 0 spiro atoms. The molecule has 2 aromatic carbocycles. The maximum absolute atomic E-state index is 11.9. The second-order valence-corrected chi connectivity index (χ2v) is 4.86. The first-order valence-electron chi connectivity index (χ1n) is 7.07. The van der Waals surface area contributed by atoms with Crippen molar-refractivity contribution in [1.29, 1.82) is 0 Å². The van der Waals surface area contributed by atoms with Crippen LogP contribution in [-0.4, -0.2) is 12.5 Å². The Kier molecular flexibility index (Phi) is 5.55. The van der Waals surface area contributed by atoms with Crippen LogP contribution in [0.15, 0.2) is 67.3 Å². The van der Waals surface area contributed by atoms with E-state index in [1.807, 2.05) is 43.3 Å². The predicted octanol–water partition coefficient (Wildman–Crippen LogP) is 4.21. The van der Waals surface area contributed by atoms with E-state index < -0.39 is 0 Å². The Bertz CT molecular complexity index is 655. The van der Waals surface area contributed by atoms with Crippen LogP contribution in [0.4, 0.5) is 5.69 Å². The Balaban J connectivity index is 1.91.